The summed E-state index contributed by atoms with van der Waals surface area (Å²) in [7, 11) is 0. The Labute approximate surface area is 111 Å². The van der Waals surface area contributed by atoms with Gasteiger partial charge in [-0.2, -0.15) is 11.8 Å². The lowest BCUT2D eigenvalue weighted by Crippen LogP contribution is -2.16. The molecule has 2 rings (SSSR count). The van der Waals surface area contributed by atoms with E-state index < -0.39 is 0 Å². The maximum Gasteiger partial charge on any atom is 0.163 e. The van der Waals surface area contributed by atoms with Crippen molar-refractivity contribution in [2.45, 2.75) is 12.7 Å². The van der Waals surface area contributed by atoms with Gasteiger partial charge in [-0.25, -0.2) is 0 Å². The average Bonchev–Trinajstić information content (AvgIpc) is 2.39. The van der Waals surface area contributed by atoms with E-state index >= 15 is 0 Å². The number of fused-ring (bicyclic) bond motifs is 1. The van der Waals surface area contributed by atoms with E-state index in [0.29, 0.717) is 19.1 Å². The van der Waals surface area contributed by atoms with Gasteiger partial charge in [-0.05, 0) is 23.3 Å². The van der Waals surface area contributed by atoms with Gasteiger partial charge in [0.25, 0.3) is 0 Å². The number of hydrogen-bond acceptors (Lipinski definition) is 5. The largest absolute Gasteiger partial charge is 0.486 e. The smallest absolute Gasteiger partial charge is 0.163 e. The molecule has 1 heterocycles. The van der Waals surface area contributed by atoms with Crippen LogP contribution in [0.4, 0.5) is 5.69 Å². The number of rotatable bonds is 5. The van der Waals surface area contributed by atoms with Crippen LogP contribution in [0.1, 0.15) is 12.5 Å². The van der Waals surface area contributed by atoms with Gasteiger partial charge in [0.15, 0.2) is 11.5 Å². The first-order valence-electron chi connectivity index (χ1n) is 6.07. The molecule has 5 heteroatoms. The number of aliphatic hydroxyl groups is 1. The summed E-state index contributed by atoms with van der Waals surface area (Å²) in [6, 6.07) is 3.79. The first-order valence-corrected chi connectivity index (χ1v) is 7.22. The molecule has 0 aliphatic carbocycles. The van der Waals surface area contributed by atoms with Crippen molar-refractivity contribution in [3.63, 3.8) is 0 Å². The van der Waals surface area contributed by atoms with Crippen LogP contribution in [-0.2, 0) is 5.75 Å². The van der Waals surface area contributed by atoms with Crippen LogP contribution < -0.4 is 15.2 Å². The van der Waals surface area contributed by atoms with Gasteiger partial charge in [0.05, 0.1) is 0 Å². The summed E-state index contributed by atoms with van der Waals surface area (Å²) in [5, 5.41) is 8.97. The normalized spacial score (nSPS) is 15.4. The topological polar surface area (TPSA) is 64.7 Å². The van der Waals surface area contributed by atoms with E-state index in [1.165, 1.54) is 0 Å². The minimum absolute atomic E-state index is 0.226. The Bertz CT molecular complexity index is 411. The monoisotopic (exact) mass is 269 g/mol. The number of hydrogen-bond donors (Lipinski definition) is 2. The zero-order chi connectivity index (χ0) is 13.0. The first kappa shape index (κ1) is 13.4. The second-order valence-electron chi connectivity index (χ2n) is 4.50. The van der Waals surface area contributed by atoms with Crippen LogP contribution >= 0.6 is 11.8 Å². The summed E-state index contributed by atoms with van der Waals surface area (Å²) < 4.78 is 11.0. The van der Waals surface area contributed by atoms with Gasteiger partial charge in [0, 0.05) is 24.1 Å². The number of benzene rings is 1. The van der Waals surface area contributed by atoms with Gasteiger partial charge < -0.3 is 20.3 Å². The van der Waals surface area contributed by atoms with Gasteiger partial charge in [0.1, 0.15) is 13.2 Å². The van der Waals surface area contributed by atoms with E-state index in [1.807, 2.05) is 19.1 Å². The number of aliphatic hydroxyl groups excluding tert-OH is 1. The first-order chi connectivity index (χ1) is 8.70. The third-order valence-corrected chi connectivity index (χ3v) is 4.10. The summed E-state index contributed by atoms with van der Waals surface area (Å²) in [6.07, 6.45) is 0. The van der Waals surface area contributed by atoms with Gasteiger partial charge in [0.2, 0.25) is 0 Å². The SMILES string of the molecule is CC(CO)CSCc1cc2c(cc1N)OCCO2. The molecule has 0 fully saturated rings. The molecule has 0 amide bonds. The van der Waals surface area contributed by atoms with E-state index in [1.54, 1.807) is 11.8 Å². The molecule has 0 radical (unpaired) electrons. The Hall–Kier alpha value is -1.07. The van der Waals surface area contributed by atoms with Crippen molar-refractivity contribution >= 4 is 17.4 Å². The molecule has 0 saturated heterocycles. The Kier molecular flexibility index (Phi) is 4.60. The molecule has 0 aromatic heterocycles. The van der Waals surface area contributed by atoms with Crippen LogP contribution in [0, 0.1) is 5.92 Å². The predicted molar refractivity (Wildman–Crippen MR) is 74.3 cm³/mol. The molecule has 4 nitrogen and oxygen atoms in total. The van der Waals surface area contributed by atoms with E-state index in [4.69, 9.17) is 20.3 Å². The molecular formula is C13H19NO3S. The van der Waals surface area contributed by atoms with Crippen molar-refractivity contribution in [1.29, 1.82) is 0 Å². The lowest BCUT2D eigenvalue weighted by atomic mass is 10.2. The van der Waals surface area contributed by atoms with Crippen molar-refractivity contribution in [3.8, 4) is 11.5 Å². The van der Waals surface area contributed by atoms with Crippen LogP contribution in [0.2, 0.25) is 0 Å². The molecule has 0 bridgehead atoms. The number of nitrogen functional groups attached to an aromatic ring is 1. The Morgan fingerprint density at radius 3 is 2.67 bits per heavy atom. The molecule has 1 aromatic carbocycles. The fourth-order valence-electron chi connectivity index (χ4n) is 1.69. The number of thioether (sulfide) groups is 1. The standard InChI is InChI=1S/C13H19NO3S/c1-9(6-15)7-18-8-10-4-12-13(5-11(10)14)17-3-2-16-12/h4-5,9,15H,2-3,6-8,14H2,1H3. The second kappa shape index (κ2) is 6.20. The van der Waals surface area contributed by atoms with Crippen molar-refractivity contribution < 1.29 is 14.6 Å². The minimum Gasteiger partial charge on any atom is -0.486 e. The molecule has 1 atom stereocenters. The summed E-state index contributed by atoms with van der Waals surface area (Å²) in [5.74, 6) is 3.57. The molecule has 18 heavy (non-hydrogen) atoms. The molecule has 1 unspecified atom stereocenters. The lowest BCUT2D eigenvalue weighted by Gasteiger charge is -2.20. The van der Waals surface area contributed by atoms with Crippen LogP contribution in [0.25, 0.3) is 0 Å². The summed E-state index contributed by atoms with van der Waals surface area (Å²) >= 11 is 1.77. The summed E-state index contributed by atoms with van der Waals surface area (Å²) in [4.78, 5) is 0. The molecule has 1 aromatic rings. The predicted octanol–water partition coefficient (Wildman–Crippen LogP) is 1.90. The molecule has 1 aliphatic heterocycles. The van der Waals surface area contributed by atoms with Crippen LogP contribution in [-0.4, -0.2) is 30.7 Å². The summed E-state index contributed by atoms with van der Waals surface area (Å²) in [5.41, 5.74) is 7.80. The maximum atomic E-state index is 8.97. The van der Waals surface area contributed by atoms with Crippen LogP contribution in [0.5, 0.6) is 11.5 Å². The minimum atomic E-state index is 0.226. The van der Waals surface area contributed by atoms with Gasteiger partial charge in [-0.15, -0.1) is 0 Å². The van der Waals surface area contributed by atoms with E-state index in [9.17, 15) is 0 Å². The molecule has 0 spiro atoms. The Morgan fingerprint density at radius 1 is 1.33 bits per heavy atom. The summed E-state index contributed by atoms with van der Waals surface area (Å²) in [6.45, 7) is 3.42. The van der Waals surface area contributed by atoms with E-state index in [0.717, 1.165) is 34.3 Å². The fraction of sp³-hybridized carbons (Fsp3) is 0.538. The highest BCUT2D eigenvalue weighted by atomic mass is 32.2. The van der Waals surface area contributed by atoms with Crippen molar-refractivity contribution in [1.82, 2.24) is 0 Å². The van der Waals surface area contributed by atoms with E-state index in [-0.39, 0.29) is 6.61 Å². The third-order valence-electron chi connectivity index (χ3n) is 2.78. The Balaban J connectivity index is 2.00. The highest BCUT2D eigenvalue weighted by Crippen LogP contribution is 2.35. The number of ether oxygens (including phenoxy) is 2. The Morgan fingerprint density at radius 2 is 2.00 bits per heavy atom. The quantitative estimate of drug-likeness (QED) is 0.799. The lowest BCUT2D eigenvalue weighted by molar-refractivity contribution is 0.171. The highest BCUT2D eigenvalue weighted by Gasteiger charge is 2.14. The van der Waals surface area contributed by atoms with Crippen LogP contribution in [0.3, 0.4) is 0 Å². The van der Waals surface area contributed by atoms with Gasteiger partial charge >= 0.3 is 0 Å². The average molecular weight is 269 g/mol. The maximum absolute atomic E-state index is 8.97. The van der Waals surface area contributed by atoms with Crippen molar-refractivity contribution in [3.05, 3.63) is 17.7 Å². The molecule has 1 aliphatic rings. The van der Waals surface area contributed by atoms with Gasteiger partial charge in [-0.3, -0.25) is 0 Å². The zero-order valence-corrected chi connectivity index (χ0v) is 11.3. The second-order valence-corrected chi connectivity index (χ2v) is 5.53. The number of nitrogens with two attached hydrogens (primary N) is 1. The third kappa shape index (κ3) is 3.23. The number of anilines is 1. The molecule has 0 saturated carbocycles. The zero-order valence-electron chi connectivity index (χ0n) is 10.5. The van der Waals surface area contributed by atoms with Crippen molar-refractivity contribution in [2.75, 3.05) is 31.3 Å². The van der Waals surface area contributed by atoms with E-state index in [2.05, 4.69) is 0 Å². The fourth-order valence-corrected chi connectivity index (χ4v) is 2.79. The molecular weight excluding hydrogens is 250 g/mol. The van der Waals surface area contributed by atoms with Crippen molar-refractivity contribution in [2.24, 2.45) is 5.92 Å². The highest BCUT2D eigenvalue weighted by molar-refractivity contribution is 7.98. The van der Waals surface area contributed by atoms with Gasteiger partial charge in [-0.1, -0.05) is 6.92 Å². The van der Waals surface area contributed by atoms with Crippen LogP contribution in [0.15, 0.2) is 12.1 Å². The molecule has 3 N–H and O–H groups in total. The molecule has 100 valence electrons.